The summed E-state index contributed by atoms with van der Waals surface area (Å²) in [6, 6.07) is 0. The Labute approximate surface area is 157 Å². The lowest BCUT2D eigenvalue weighted by Crippen LogP contribution is -2.29. The van der Waals surface area contributed by atoms with Crippen molar-refractivity contribution in [3.05, 3.63) is 40.9 Å². The number of aliphatic imine (C=N–C) groups is 1. The molecule has 1 saturated heterocycles. The predicted molar refractivity (Wildman–Crippen MR) is 98.9 cm³/mol. The van der Waals surface area contributed by atoms with E-state index in [1.165, 1.54) is 0 Å². The van der Waals surface area contributed by atoms with Gasteiger partial charge >= 0.3 is 6.09 Å². The molecule has 1 aromatic heterocycles. The smallest absolute Gasteiger partial charge is 0.415 e. The summed E-state index contributed by atoms with van der Waals surface area (Å²) in [5, 5.41) is 6.46. The van der Waals surface area contributed by atoms with Gasteiger partial charge in [-0.25, -0.2) is 14.2 Å². The highest BCUT2D eigenvalue weighted by atomic mass is 19.1. The van der Waals surface area contributed by atoms with Crippen molar-refractivity contribution in [3.63, 3.8) is 0 Å². The molecule has 2 aliphatic heterocycles. The third kappa shape index (κ3) is 3.80. The Hall–Kier alpha value is -2.48. The number of nitrogens with zero attached hydrogens (tertiary/aromatic N) is 3. The van der Waals surface area contributed by atoms with E-state index in [1.807, 2.05) is 0 Å². The fourth-order valence-electron chi connectivity index (χ4n) is 3.84. The Bertz CT molecular complexity index is 795. The second-order valence-electron chi connectivity index (χ2n) is 7.27. The predicted octanol–water partition coefficient (Wildman–Crippen LogP) is 1.52. The van der Waals surface area contributed by atoms with Crippen LogP contribution in [0.4, 0.5) is 9.18 Å². The number of halogens is 1. The molecule has 0 bridgehead atoms. The van der Waals surface area contributed by atoms with Crippen LogP contribution in [-0.4, -0.2) is 54.5 Å². The zero-order chi connectivity index (χ0) is 18.8. The maximum Gasteiger partial charge on any atom is 0.415 e. The van der Waals surface area contributed by atoms with Gasteiger partial charge in [-0.3, -0.25) is 9.88 Å². The van der Waals surface area contributed by atoms with E-state index < -0.39 is 0 Å². The van der Waals surface area contributed by atoms with Gasteiger partial charge in [0.2, 0.25) is 0 Å². The van der Waals surface area contributed by atoms with Crippen molar-refractivity contribution >= 4 is 12.3 Å². The molecule has 8 heteroatoms. The summed E-state index contributed by atoms with van der Waals surface area (Å²) in [7, 11) is 0. The van der Waals surface area contributed by atoms with Crippen LogP contribution in [0.15, 0.2) is 23.2 Å². The van der Waals surface area contributed by atoms with E-state index in [4.69, 9.17) is 4.74 Å². The van der Waals surface area contributed by atoms with Gasteiger partial charge in [0.05, 0.1) is 12.2 Å². The zero-order valence-electron chi connectivity index (χ0n) is 15.4. The molecule has 3 heterocycles. The van der Waals surface area contributed by atoms with Crippen LogP contribution in [-0.2, 0) is 17.6 Å². The Balaban J connectivity index is 1.20. The minimum absolute atomic E-state index is 0.145. The minimum Gasteiger partial charge on any atom is -0.444 e. The van der Waals surface area contributed by atoms with Gasteiger partial charge in [0.15, 0.2) is 5.82 Å². The number of pyridine rings is 1. The highest BCUT2D eigenvalue weighted by Gasteiger charge is 2.33. The van der Waals surface area contributed by atoms with Gasteiger partial charge in [-0.1, -0.05) is 0 Å². The Morgan fingerprint density at radius 1 is 1.44 bits per heavy atom. The first kappa shape index (κ1) is 17.9. The number of ether oxygens (including phenoxy) is 1. The van der Waals surface area contributed by atoms with E-state index in [2.05, 4.69) is 20.6 Å². The van der Waals surface area contributed by atoms with Gasteiger partial charge in [-0.2, -0.15) is 0 Å². The van der Waals surface area contributed by atoms with Crippen molar-refractivity contribution in [1.29, 1.82) is 0 Å². The van der Waals surface area contributed by atoms with Crippen LogP contribution >= 0.6 is 0 Å². The number of carbonyl (C=O) groups excluding carboxylic acids is 1. The molecule has 0 spiro atoms. The Kier molecular flexibility index (Phi) is 5.07. The van der Waals surface area contributed by atoms with E-state index in [0.29, 0.717) is 30.5 Å². The Morgan fingerprint density at radius 3 is 3.15 bits per heavy atom. The number of carbonyl (C=O) groups is 1. The number of hydrogen-bond acceptors (Lipinski definition) is 6. The van der Waals surface area contributed by atoms with Crippen LogP contribution in [0.25, 0.3) is 0 Å². The van der Waals surface area contributed by atoms with Gasteiger partial charge in [-0.05, 0) is 56.3 Å². The van der Waals surface area contributed by atoms with Crippen molar-refractivity contribution in [2.24, 2.45) is 10.9 Å². The first-order valence-corrected chi connectivity index (χ1v) is 9.39. The molecule has 1 aliphatic carbocycles. The summed E-state index contributed by atoms with van der Waals surface area (Å²) >= 11 is 0. The summed E-state index contributed by atoms with van der Waals surface area (Å²) in [5.74, 6) is 0.826. The molecule has 144 valence electrons. The molecular weight excluding hydrogens is 349 g/mol. The van der Waals surface area contributed by atoms with Crippen molar-refractivity contribution in [3.8, 4) is 0 Å². The summed E-state index contributed by atoms with van der Waals surface area (Å²) in [5.41, 5.74) is 2.33. The van der Waals surface area contributed by atoms with Gasteiger partial charge in [0, 0.05) is 25.2 Å². The second-order valence-corrected chi connectivity index (χ2v) is 7.27. The quantitative estimate of drug-likeness (QED) is 0.739. The topological polar surface area (TPSA) is 78.9 Å². The Morgan fingerprint density at radius 2 is 2.33 bits per heavy atom. The lowest BCUT2D eigenvalue weighted by molar-refractivity contribution is 0.130. The summed E-state index contributed by atoms with van der Waals surface area (Å²) in [6.07, 6.45) is 7.12. The minimum atomic E-state index is -0.350. The molecule has 7 nitrogen and oxygen atoms in total. The second kappa shape index (κ2) is 7.64. The van der Waals surface area contributed by atoms with Crippen molar-refractivity contribution in [2.75, 3.05) is 26.2 Å². The largest absolute Gasteiger partial charge is 0.444 e. The third-order valence-corrected chi connectivity index (χ3v) is 5.28. The van der Waals surface area contributed by atoms with Crippen molar-refractivity contribution < 1.29 is 13.9 Å². The highest BCUT2D eigenvalue weighted by molar-refractivity contribution is 5.73. The average molecular weight is 373 g/mol. The monoisotopic (exact) mass is 373 g/mol. The molecule has 27 heavy (non-hydrogen) atoms. The fourth-order valence-corrected chi connectivity index (χ4v) is 3.84. The number of aromatic nitrogens is 1. The summed E-state index contributed by atoms with van der Waals surface area (Å²) in [4.78, 5) is 21.9. The maximum absolute atomic E-state index is 14.1. The van der Waals surface area contributed by atoms with Crippen LogP contribution < -0.4 is 10.6 Å². The number of rotatable bonds is 6. The molecule has 0 radical (unpaired) electrons. The molecule has 3 aliphatic rings. The van der Waals surface area contributed by atoms with Gasteiger partial charge < -0.3 is 15.4 Å². The van der Waals surface area contributed by atoms with Gasteiger partial charge in [-0.15, -0.1) is 0 Å². The molecule has 4 rings (SSSR count). The van der Waals surface area contributed by atoms with Crippen LogP contribution in [0.2, 0.25) is 0 Å². The molecule has 1 amide bonds. The van der Waals surface area contributed by atoms with Crippen LogP contribution in [0, 0.1) is 18.7 Å². The number of nitrogens with one attached hydrogen (secondary N) is 2. The standard InChI is InChI=1S/C19H24FN5O2/c1-12-18(20)16-7-13(6-14(16)9-24-12)8-21-3-2-15-11-25(19(26)27-15)17-10-22-4-5-23-17/h5,9-10,13,15,21-22H,2-4,6-8,11H2,1H3/t13?,15-/m0/s1. The molecular formula is C19H24FN5O2. The van der Waals surface area contributed by atoms with Crippen LogP contribution in [0.3, 0.4) is 0 Å². The molecule has 1 unspecified atom stereocenters. The molecule has 1 aromatic rings. The van der Waals surface area contributed by atoms with Crippen LogP contribution in [0.1, 0.15) is 23.2 Å². The number of amides is 1. The fraction of sp³-hybridized carbons (Fsp3) is 0.526. The van der Waals surface area contributed by atoms with E-state index in [-0.39, 0.29) is 18.0 Å². The number of aryl methyl sites for hydroxylation is 1. The van der Waals surface area contributed by atoms with Gasteiger partial charge in [0.1, 0.15) is 11.9 Å². The lowest BCUT2D eigenvalue weighted by atomic mass is 10.1. The molecule has 2 atom stereocenters. The van der Waals surface area contributed by atoms with E-state index >= 15 is 0 Å². The number of fused-ring (bicyclic) bond motifs is 1. The summed E-state index contributed by atoms with van der Waals surface area (Å²) < 4.78 is 19.6. The number of hydrogen-bond donors (Lipinski definition) is 2. The molecule has 0 saturated carbocycles. The van der Waals surface area contributed by atoms with Crippen molar-refractivity contribution in [1.82, 2.24) is 20.5 Å². The molecule has 2 N–H and O–H groups in total. The van der Waals surface area contributed by atoms with Crippen molar-refractivity contribution in [2.45, 2.75) is 32.3 Å². The average Bonchev–Trinajstić information content (AvgIpc) is 3.26. The first-order chi connectivity index (χ1) is 13.1. The lowest BCUT2D eigenvalue weighted by Gasteiger charge is -2.16. The first-order valence-electron chi connectivity index (χ1n) is 9.39. The zero-order valence-corrected chi connectivity index (χ0v) is 15.4. The third-order valence-electron chi connectivity index (χ3n) is 5.28. The van der Waals surface area contributed by atoms with Gasteiger partial charge in [0.25, 0.3) is 0 Å². The van der Waals surface area contributed by atoms with E-state index in [1.54, 1.807) is 30.4 Å². The number of cyclic esters (lactones) is 1. The normalized spacial score (nSPS) is 23.9. The SMILES string of the molecule is Cc1ncc2c(c1F)CC(CNCC[C@H]1CN(C3=CNCC=N3)C(=O)O1)C2. The van der Waals surface area contributed by atoms with E-state index in [9.17, 15) is 9.18 Å². The molecule has 1 fully saturated rings. The highest BCUT2D eigenvalue weighted by Crippen LogP contribution is 2.29. The van der Waals surface area contributed by atoms with Crippen LogP contribution in [0.5, 0.6) is 0 Å². The summed E-state index contributed by atoms with van der Waals surface area (Å²) in [6.45, 7) is 4.45. The maximum atomic E-state index is 14.1. The van der Waals surface area contributed by atoms with E-state index in [0.717, 1.165) is 43.5 Å². The molecule has 0 aromatic carbocycles.